The molecule has 98 valence electrons. The third kappa shape index (κ3) is 3.43. The number of hydrogen-bond donors (Lipinski definition) is 1. The Labute approximate surface area is 102 Å². The summed E-state index contributed by atoms with van der Waals surface area (Å²) in [4.78, 5) is 27.0. The highest BCUT2D eigenvalue weighted by Gasteiger charge is 2.34. The summed E-state index contributed by atoms with van der Waals surface area (Å²) in [6.07, 6.45) is 2.48. The molecule has 0 bridgehead atoms. The van der Waals surface area contributed by atoms with Crippen molar-refractivity contribution in [1.82, 2.24) is 9.80 Å². The lowest BCUT2D eigenvalue weighted by molar-refractivity contribution is -0.143. The van der Waals surface area contributed by atoms with E-state index in [4.69, 9.17) is 5.11 Å². The summed E-state index contributed by atoms with van der Waals surface area (Å²) in [7, 11) is 0. The number of rotatable bonds is 5. The fourth-order valence-electron chi connectivity index (χ4n) is 2.33. The van der Waals surface area contributed by atoms with Crippen LogP contribution in [0.3, 0.4) is 0 Å². The molecule has 1 aliphatic rings. The summed E-state index contributed by atoms with van der Waals surface area (Å²) in [5.41, 5.74) is 0. The van der Waals surface area contributed by atoms with Gasteiger partial charge in [0.05, 0.1) is 6.61 Å². The third-order valence-electron chi connectivity index (χ3n) is 3.12. The normalized spacial score (nSPS) is 19.5. The van der Waals surface area contributed by atoms with Gasteiger partial charge in [-0.2, -0.15) is 0 Å². The van der Waals surface area contributed by atoms with Crippen molar-refractivity contribution in [3.63, 3.8) is 0 Å². The van der Waals surface area contributed by atoms with Crippen LogP contribution in [0.2, 0.25) is 0 Å². The van der Waals surface area contributed by atoms with E-state index in [9.17, 15) is 9.59 Å². The number of nitrogens with zero attached hydrogens (tertiary/aromatic N) is 2. The second kappa shape index (κ2) is 6.59. The first kappa shape index (κ1) is 14.0. The number of aliphatic hydroxyl groups is 1. The summed E-state index contributed by atoms with van der Waals surface area (Å²) in [5.74, 6) is -0.0603. The van der Waals surface area contributed by atoms with Gasteiger partial charge in [0.1, 0.15) is 6.04 Å². The Bertz CT molecular complexity index is 275. The van der Waals surface area contributed by atoms with E-state index >= 15 is 0 Å². The van der Waals surface area contributed by atoms with Crippen LogP contribution < -0.4 is 0 Å². The van der Waals surface area contributed by atoms with Crippen LogP contribution in [0.4, 0.5) is 0 Å². The van der Waals surface area contributed by atoms with Crippen LogP contribution in [0, 0.1) is 0 Å². The molecule has 5 nitrogen and oxygen atoms in total. The molecule has 1 heterocycles. The topological polar surface area (TPSA) is 60.9 Å². The van der Waals surface area contributed by atoms with Gasteiger partial charge in [-0.25, -0.2) is 0 Å². The SMILES string of the molecule is CCCN(CCO)C(=O)[C@@H]1CCCN1C(C)=O. The lowest BCUT2D eigenvalue weighted by atomic mass is 10.2. The second-order valence-corrected chi connectivity index (χ2v) is 4.42. The van der Waals surface area contributed by atoms with Crippen LogP contribution in [0.1, 0.15) is 33.1 Å². The molecule has 0 aromatic carbocycles. The highest BCUT2D eigenvalue weighted by Crippen LogP contribution is 2.19. The molecule has 0 radical (unpaired) electrons. The van der Waals surface area contributed by atoms with E-state index in [1.165, 1.54) is 6.92 Å². The van der Waals surface area contributed by atoms with Crippen LogP contribution in [-0.4, -0.2) is 59.0 Å². The maximum Gasteiger partial charge on any atom is 0.245 e. The molecular formula is C12H22N2O3. The molecule has 5 heteroatoms. The van der Waals surface area contributed by atoms with E-state index in [0.29, 0.717) is 19.6 Å². The van der Waals surface area contributed by atoms with Gasteiger partial charge in [0.15, 0.2) is 0 Å². The van der Waals surface area contributed by atoms with Gasteiger partial charge >= 0.3 is 0 Å². The highest BCUT2D eigenvalue weighted by atomic mass is 16.3. The summed E-state index contributed by atoms with van der Waals surface area (Å²) in [5, 5.41) is 8.96. The molecule has 1 fully saturated rings. The quantitative estimate of drug-likeness (QED) is 0.750. The molecule has 2 amide bonds. The van der Waals surface area contributed by atoms with E-state index in [0.717, 1.165) is 19.3 Å². The van der Waals surface area contributed by atoms with Crippen molar-refractivity contribution in [2.45, 2.75) is 39.2 Å². The third-order valence-corrected chi connectivity index (χ3v) is 3.12. The lowest BCUT2D eigenvalue weighted by Crippen LogP contribution is -2.48. The van der Waals surface area contributed by atoms with Gasteiger partial charge in [0.25, 0.3) is 0 Å². The van der Waals surface area contributed by atoms with Crippen molar-refractivity contribution in [2.24, 2.45) is 0 Å². The molecule has 0 aliphatic carbocycles. The van der Waals surface area contributed by atoms with Crippen LogP contribution >= 0.6 is 0 Å². The molecule has 1 saturated heterocycles. The van der Waals surface area contributed by atoms with Crippen LogP contribution in [-0.2, 0) is 9.59 Å². The monoisotopic (exact) mass is 242 g/mol. The molecular weight excluding hydrogens is 220 g/mol. The van der Waals surface area contributed by atoms with Gasteiger partial charge < -0.3 is 14.9 Å². The summed E-state index contributed by atoms with van der Waals surface area (Å²) in [6.45, 7) is 5.14. The van der Waals surface area contributed by atoms with Gasteiger partial charge in [0, 0.05) is 26.6 Å². The zero-order valence-electron chi connectivity index (χ0n) is 10.7. The molecule has 0 saturated carbocycles. The molecule has 0 spiro atoms. The minimum absolute atomic E-state index is 0.0198. The maximum atomic E-state index is 12.3. The fourth-order valence-corrected chi connectivity index (χ4v) is 2.33. The Morgan fingerprint density at radius 3 is 2.65 bits per heavy atom. The Hall–Kier alpha value is -1.10. The van der Waals surface area contributed by atoms with Crippen molar-refractivity contribution in [3.05, 3.63) is 0 Å². The minimum Gasteiger partial charge on any atom is -0.395 e. The van der Waals surface area contributed by atoms with Crippen molar-refractivity contribution in [1.29, 1.82) is 0 Å². The van der Waals surface area contributed by atoms with Crippen LogP contribution in [0.5, 0.6) is 0 Å². The van der Waals surface area contributed by atoms with Gasteiger partial charge in [-0.1, -0.05) is 6.92 Å². The van der Waals surface area contributed by atoms with E-state index < -0.39 is 0 Å². The minimum atomic E-state index is -0.314. The van der Waals surface area contributed by atoms with E-state index in [1.807, 2.05) is 6.92 Å². The molecule has 1 rings (SSSR count). The van der Waals surface area contributed by atoms with Gasteiger partial charge in [-0.3, -0.25) is 9.59 Å². The maximum absolute atomic E-state index is 12.3. The first-order chi connectivity index (χ1) is 8.11. The predicted octanol–water partition coefficient (Wildman–Crippen LogP) is 0.228. The van der Waals surface area contributed by atoms with Gasteiger partial charge in [-0.15, -0.1) is 0 Å². The molecule has 0 unspecified atom stereocenters. The highest BCUT2D eigenvalue weighted by molar-refractivity contribution is 5.87. The average molecular weight is 242 g/mol. The summed E-state index contributed by atoms with van der Waals surface area (Å²) in [6, 6.07) is -0.314. The molecule has 1 atom stereocenters. The van der Waals surface area contributed by atoms with Gasteiger partial charge in [0.2, 0.25) is 11.8 Å². The largest absolute Gasteiger partial charge is 0.395 e. The summed E-state index contributed by atoms with van der Waals surface area (Å²) >= 11 is 0. The second-order valence-electron chi connectivity index (χ2n) is 4.42. The molecule has 1 aliphatic heterocycles. The van der Waals surface area contributed by atoms with Crippen LogP contribution in [0.25, 0.3) is 0 Å². The molecule has 0 aromatic rings. The van der Waals surface area contributed by atoms with Crippen molar-refractivity contribution >= 4 is 11.8 Å². The molecule has 1 N–H and O–H groups in total. The van der Waals surface area contributed by atoms with Crippen molar-refractivity contribution in [3.8, 4) is 0 Å². The molecule has 0 aromatic heterocycles. The zero-order valence-corrected chi connectivity index (χ0v) is 10.7. The Morgan fingerprint density at radius 1 is 1.41 bits per heavy atom. The first-order valence-electron chi connectivity index (χ1n) is 6.28. The van der Waals surface area contributed by atoms with Gasteiger partial charge in [-0.05, 0) is 19.3 Å². The number of aliphatic hydroxyl groups excluding tert-OH is 1. The van der Waals surface area contributed by atoms with E-state index in [-0.39, 0.29) is 24.5 Å². The fraction of sp³-hybridized carbons (Fsp3) is 0.833. The lowest BCUT2D eigenvalue weighted by Gasteiger charge is -2.29. The molecule has 17 heavy (non-hydrogen) atoms. The first-order valence-corrected chi connectivity index (χ1v) is 6.28. The zero-order chi connectivity index (χ0) is 12.8. The number of amides is 2. The van der Waals surface area contributed by atoms with Crippen LogP contribution in [0.15, 0.2) is 0 Å². The predicted molar refractivity (Wildman–Crippen MR) is 64.4 cm³/mol. The smallest absolute Gasteiger partial charge is 0.245 e. The van der Waals surface area contributed by atoms with E-state index in [2.05, 4.69) is 0 Å². The Kier molecular flexibility index (Phi) is 5.41. The van der Waals surface area contributed by atoms with Crippen molar-refractivity contribution < 1.29 is 14.7 Å². The average Bonchev–Trinajstić information content (AvgIpc) is 2.76. The Balaban J connectivity index is 2.68. The number of hydrogen-bond acceptors (Lipinski definition) is 3. The Morgan fingerprint density at radius 2 is 2.12 bits per heavy atom. The van der Waals surface area contributed by atoms with E-state index in [1.54, 1.807) is 9.80 Å². The number of carbonyl (C=O) groups is 2. The standard InChI is InChI=1S/C12H22N2O3/c1-3-6-13(8-9-15)12(17)11-5-4-7-14(11)10(2)16/h11,15H,3-9H2,1-2H3/t11-/m0/s1. The van der Waals surface area contributed by atoms with Crippen molar-refractivity contribution in [2.75, 3.05) is 26.2 Å². The summed E-state index contributed by atoms with van der Waals surface area (Å²) < 4.78 is 0. The number of likely N-dealkylation sites (tertiary alicyclic amines) is 1. The number of carbonyl (C=O) groups excluding carboxylic acids is 2.